The Bertz CT molecular complexity index is 2580. The molecular weight excluding hydrogens is 728 g/mol. The van der Waals surface area contributed by atoms with Gasteiger partial charge in [-0.1, -0.05) is 88.4 Å². The fourth-order valence-corrected chi connectivity index (χ4v) is 12.4. The summed E-state index contributed by atoms with van der Waals surface area (Å²) in [5.41, 5.74) is 0.938. The third kappa shape index (κ3) is 6.60. The van der Waals surface area contributed by atoms with Gasteiger partial charge in [0.15, 0.2) is 6.33 Å². The fourth-order valence-electron chi connectivity index (χ4n) is 6.97. The van der Waals surface area contributed by atoms with Gasteiger partial charge in [0.25, 0.3) is 5.95 Å². The van der Waals surface area contributed by atoms with Crippen molar-refractivity contribution in [3.8, 4) is 29.2 Å². The van der Waals surface area contributed by atoms with Crippen LogP contribution in [0.3, 0.4) is 0 Å². The van der Waals surface area contributed by atoms with E-state index < -0.39 is 14.3 Å². The summed E-state index contributed by atoms with van der Waals surface area (Å²) in [6.07, 6.45) is 4.60. The summed E-state index contributed by atoms with van der Waals surface area (Å²) in [4.78, 5) is 8.56. The maximum atomic E-state index is 15.4. The van der Waals surface area contributed by atoms with Gasteiger partial charge in [0.1, 0.15) is 25.8 Å². The van der Waals surface area contributed by atoms with Crippen LogP contribution >= 0.6 is 14.3 Å². The Morgan fingerprint density at radius 3 is 1.40 bits per heavy atom. The van der Waals surface area contributed by atoms with Crippen LogP contribution in [-0.2, 0) is 9.13 Å². The first-order chi connectivity index (χ1) is 26.7. The average molecular weight is 766 g/mol. The molecule has 55 heavy (non-hydrogen) atoms. The molecule has 8 rings (SSSR count). The van der Waals surface area contributed by atoms with E-state index in [1.54, 1.807) is 24.5 Å². The lowest BCUT2D eigenvalue weighted by atomic mass is 10.1. The van der Waals surface area contributed by atoms with E-state index in [9.17, 15) is 0 Å². The number of hydrogen-bond acceptors (Lipinski definition) is 10. The van der Waals surface area contributed by atoms with Gasteiger partial charge < -0.3 is 18.6 Å². The molecule has 2 atom stereocenters. The van der Waals surface area contributed by atoms with Gasteiger partial charge in [-0.15, -0.1) is 20.4 Å². The summed E-state index contributed by atoms with van der Waals surface area (Å²) in [5.74, 6) is 2.20. The fraction of sp³-hybridized carbons (Fsp3) is 0.143. The van der Waals surface area contributed by atoms with Gasteiger partial charge in [-0.25, -0.2) is 9.97 Å². The van der Waals surface area contributed by atoms with Crippen molar-refractivity contribution < 1.29 is 18.6 Å². The van der Waals surface area contributed by atoms with Crippen molar-refractivity contribution in [1.82, 2.24) is 34.9 Å². The average Bonchev–Trinajstić information content (AvgIpc) is 3.54. The number of aromatic nitrogens is 7. The molecular formula is C42H37N7O4P2. The first-order valence-electron chi connectivity index (χ1n) is 17.8. The predicted octanol–water partition coefficient (Wildman–Crippen LogP) is 8.18. The Morgan fingerprint density at radius 1 is 0.527 bits per heavy atom. The van der Waals surface area contributed by atoms with E-state index >= 15 is 9.13 Å². The third-order valence-corrected chi connectivity index (χ3v) is 16.8. The Balaban J connectivity index is 1.28. The van der Waals surface area contributed by atoms with Crippen molar-refractivity contribution in [2.75, 3.05) is 0 Å². The highest BCUT2D eigenvalue weighted by Gasteiger charge is 2.34. The molecule has 2 unspecified atom stereocenters. The van der Waals surface area contributed by atoms with E-state index in [1.807, 2.05) is 141 Å². The van der Waals surface area contributed by atoms with Crippen LogP contribution in [0, 0.1) is 0 Å². The molecule has 0 saturated carbocycles. The summed E-state index contributed by atoms with van der Waals surface area (Å²) in [6.45, 7) is 7.86. The van der Waals surface area contributed by atoms with Crippen molar-refractivity contribution in [2.24, 2.45) is 0 Å². The standard InChI is InChI=1S/C42H37N7O4P2/c1-28(2)54(50,32-13-9-11-30(23-32)52-40-15-5-7-21-43-40)34-17-19-36-37-20-18-35(26-39(37)49(38(36)25-34)42-47-45-27-46-48-42)55(51,29(3)4)33-14-10-12-31(24-33)53-41-16-6-8-22-44-41/h5-29H,1-4H3. The smallest absolute Gasteiger partial charge is 0.273 e. The van der Waals surface area contributed by atoms with Gasteiger partial charge in [0, 0.05) is 67.8 Å². The van der Waals surface area contributed by atoms with Crippen LogP contribution in [0.15, 0.2) is 140 Å². The highest BCUT2D eigenvalue weighted by atomic mass is 31.2. The van der Waals surface area contributed by atoms with Gasteiger partial charge in [-0.2, -0.15) is 0 Å². The van der Waals surface area contributed by atoms with E-state index in [1.165, 1.54) is 6.33 Å². The molecule has 274 valence electrons. The molecule has 0 aliphatic heterocycles. The van der Waals surface area contributed by atoms with Gasteiger partial charge in [0.05, 0.1) is 11.0 Å². The van der Waals surface area contributed by atoms with E-state index in [2.05, 4.69) is 30.4 Å². The monoisotopic (exact) mass is 765 g/mol. The van der Waals surface area contributed by atoms with Gasteiger partial charge in [-0.3, -0.25) is 4.57 Å². The predicted molar refractivity (Wildman–Crippen MR) is 217 cm³/mol. The highest BCUT2D eigenvalue weighted by molar-refractivity contribution is 7.79. The van der Waals surface area contributed by atoms with Crippen LogP contribution < -0.4 is 30.7 Å². The Morgan fingerprint density at radius 2 is 0.982 bits per heavy atom. The zero-order valence-corrected chi connectivity index (χ0v) is 32.4. The quantitative estimate of drug-likeness (QED) is 0.119. The lowest BCUT2D eigenvalue weighted by Crippen LogP contribution is -2.23. The second kappa shape index (κ2) is 14.7. The van der Waals surface area contributed by atoms with Crippen LogP contribution in [0.2, 0.25) is 0 Å². The zero-order chi connectivity index (χ0) is 38.2. The molecule has 0 radical (unpaired) electrons. The van der Waals surface area contributed by atoms with Crippen LogP contribution in [0.1, 0.15) is 27.7 Å². The Labute approximate surface area is 318 Å². The van der Waals surface area contributed by atoms with Gasteiger partial charge >= 0.3 is 0 Å². The number of benzene rings is 4. The summed E-state index contributed by atoms with van der Waals surface area (Å²) in [6, 6.07) is 37.4. The molecule has 0 amide bonds. The zero-order valence-electron chi connectivity index (χ0n) is 30.6. The van der Waals surface area contributed by atoms with Crippen molar-refractivity contribution in [2.45, 2.75) is 39.0 Å². The molecule has 0 fully saturated rings. The number of nitrogens with zero attached hydrogens (tertiary/aromatic N) is 7. The minimum Gasteiger partial charge on any atom is -0.439 e. The number of pyridine rings is 2. The summed E-state index contributed by atoms with van der Waals surface area (Å²) in [7, 11) is -6.51. The van der Waals surface area contributed by atoms with Crippen molar-refractivity contribution in [3.63, 3.8) is 0 Å². The third-order valence-electron chi connectivity index (χ3n) is 9.68. The van der Waals surface area contributed by atoms with Crippen LogP contribution in [0.4, 0.5) is 0 Å². The highest BCUT2D eigenvalue weighted by Crippen LogP contribution is 2.51. The second-order valence-electron chi connectivity index (χ2n) is 13.6. The van der Waals surface area contributed by atoms with Crippen LogP contribution in [0.25, 0.3) is 27.8 Å². The number of fused-ring (bicyclic) bond motifs is 3. The largest absolute Gasteiger partial charge is 0.439 e. The molecule has 0 saturated heterocycles. The molecule has 0 N–H and O–H groups in total. The van der Waals surface area contributed by atoms with Crippen LogP contribution in [-0.4, -0.2) is 46.2 Å². The van der Waals surface area contributed by atoms with E-state index in [0.29, 0.717) is 55.5 Å². The lowest BCUT2D eigenvalue weighted by molar-refractivity contribution is 0.463. The molecule has 4 heterocycles. The Kier molecular flexibility index (Phi) is 9.59. The summed E-state index contributed by atoms with van der Waals surface area (Å²) in [5, 5.41) is 21.2. The lowest BCUT2D eigenvalue weighted by Gasteiger charge is -2.24. The van der Waals surface area contributed by atoms with Crippen molar-refractivity contribution >= 4 is 57.3 Å². The maximum absolute atomic E-state index is 15.4. The summed E-state index contributed by atoms with van der Waals surface area (Å²) < 4.78 is 44.7. The van der Waals surface area contributed by atoms with E-state index in [4.69, 9.17) is 9.47 Å². The topological polar surface area (TPSA) is 135 Å². The number of ether oxygens (including phenoxy) is 2. The summed E-state index contributed by atoms with van der Waals surface area (Å²) >= 11 is 0. The minimum absolute atomic E-state index is 0.229. The first-order valence-corrected chi connectivity index (χ1v) is 21.4. The molecule has 8 aromatic rings. The molecule has 0 bridgehead atoms. The molecule has 0 spiro atoms. The molecule has 0 aliphatic rings. The van der Waals surface area contributed by atoms with Gasteiger partial charge in [0.2, 0.25) is 11.8 Å². The maximum Gasteiger partial charge on any atom is 0.273 e. The van der Waals surface area contributed by atoms with Crippen molar-refractivity contribution in [1.29, 1.82) is 0 Å². The number of rotatable bonds is 11. The van der Waals surface area contributed by atoms with Crippen molar-refractivity contribution in [3.05, 3.63) is 140 Å². The molecule has 11 nitrogen and oxygen atoms in total. The van der Waals surface area contributed by atoms with E-state index in [0.717, 1.165) is 10.8 Å². The SMILES string of the molecule is CC(C)P(=O)(c1cccc(Oc2ccccn2)c1)c1ccc2c3ccc(P(=O)(c4cccc(Oc5ccccn5)c4)C(C)C)cc3n(-c3nncnn3)c2c1. The molecule has 4 aromatic carbocycles. The number of hydrogen-bond donors (Lipinski definition) is 0. The van der Waals surface area contributed by atoms with E-state index in [-0.39, 0.29) is 17.3 Å². The minimum atomic E-state index is -3.25. The molecule has 13 heteroatoms. The second-order valence-corrected chi connectivity index (χ2v) is 20.4. The molecule has 0 aliphatic carbocycles. The Hall–Kier alpha value is -6.02. The van der Waals surface area contributed by atoms with Gasteiger partial charge in [-0.05, 0) is 48.5 Å². The molecule has 4 aromatic heterocycles. The van der Waals surface area contributed by atoms with Crippen LogP contribution in [0.5, 0.6) is 23.3 Å². The normalized spacial score (nSPS) is 13.9. The first kappa shape index (κ1) is 36.0.